The van der Waals surface area contributed by atoms with Gasteiger partial charge in [0.1, 0.15) is 10.7 Å². The zero-order valence-electron chi connectivity index (χ0n) is 9.64. The molecular formula is C12H11BrN4S. The van der Waals surface area contributed by atoms with Crippen LogP contribution in [0.15, 0.2) is 28.1 Å². The maximum atomic E-state index is 5.81. The topological polar surface area (TPSA) is 67.6 Å². The number of hydrogen-bond donors (Lipinski definition) is 2. The molecule has 18 heavy (non-hydrogen) atoms. The lowest BCUT2D eigenvalue weighted by Gasteiger charge is -1.96. The van der Waals surface area contributed by atoms with Gasteiger partial charge in [-0.2, -0.15) is 0 Å². The van der Waals surface area contributed by atoms with E-state index in [-0.39, 0.29) is 6.04 Å². The number of rotatable bonds is 2. The molecule has 2 aromatic heterocycles. The summed E-state index contributed by atoms with van der Waals surface area (Å²) in [4.78, 5) is 12.3. The number of H-pyrrole nitrogens is 1. The first-order valence-electron chi connectivity index (χ1n) is 5.50. The second-order valence-electron chi connectivity index (χ2n) is 4.11. The van der Waals surface area contributed by atoms with Crippen LogP contribution in [0.3, 0.4) is 0 Å². The number of fused-ring (bicyclic) bond motifs is 1. The van der Waals surface area contributed by atoms with Crippen molar-refractivity contribution in [3.05, 3.63) is 33.1 Å². The van der Waals surface area contributed by atoms with E-state index in [0.717, 1.165) is 32.0 Å². The van der Waals surface area contributed by atoms with Crippen molar-refractivity contribution in [2.24, 2.45) is 5.73 Å². The third-order valence-corrected chi connectivity index (χ3v) is 4.14. The summed E-state index contributed by atoms with van der Waals surface area (Å²) >= 11 is 5.00. The van der Waals surface area contributed by atoms with Gasteiger partial charge < -0.3 is 10.7 Å². The third-order valence-electron chi connectivity index (χ3n) is 2.60. The standard InChI is InChI=1S/C12H11BrN4S/c1-6(14)12-17-10(5-18-12)11-15-8-3-2-7(13)4-9(8)16-11/h2-6H,14H2,1H3,(H,15,16). The number of nitrogens with zero attached hydrogens (tertiary/aromatic N) is 2. The third kappa shape index (κ3) is 2.07. The van der Waals surface area contributed by atoms with Crippen LogP contribution < -0.4 is 5.73 Å². The van der Waals surface area contributed by atoms with Crippen LogP contribution in [0.5, 0.6) is 0 Å². The van der Waals surface area contributed by atoms with Crippen molar-refractivity contribution < 1.29 is 0 Å². The maximum Gasteiger partial charge on any atom is 0.158 e. The van der Waals surface area contributed by atoms with Crippen molar-refractivity contribution in [2.75, 3.05) is 0 Å². The quantitative estimate of drug-likeness (QED) is 0.759. The van der Waals surface area contributed by atoms with Gasteiger partial charge in [-0.25, -0.2) is 9.97 Å². The van der Waals surface area contributed by atoms with Crippen LogP contribution in [-0.4, -0.2) is 15.0 Å². The zero-order valence-corrected chi connectivity index (χ0v) is 12.0. The molecule has 1 unspecified atom stereocenters. The minimum atomic E-state index is -0.0396. The van der Waals surface area contributed by atoms with Crippen LogP contribution in [0.4, 0.5) is 0 Å². The monoisotopic (exact) mass is 322 g/mol. The van der Waals surface area contributed by atoms with Crippen molar-refractivity contribution in [1.29, 1.82) is 0 Å². The summed E-state index contributed by atoms with van der Waals surface area (Å²) in [5, 5.41) is 2.90. The van der Waals surface area contributed by atoms with Gasteiger partial charge in [-0.05, 0) is 25.1 Å². The van der Waals surface area contributed by atoms with Crippen molar-refractivity contribution in [3.63, 3.8) is 0 Å². The predicted octanol–water partition coefficient (Wildman–Crippen LogP) is 3.47. The van der Waals surface area contributed by atoms with E-state index < -0.39 is 0 Å². The molecule has 92 valence electrons. The smallest absolute Gasteiger partial charge is 0.158 e. The molecule has 0 aliphatic rings. The molecule has 0 aliphatic heterocycles. The van der Waals surface area contributed by atoms with Crippen LogP contribution in [0.25, 0.3) is 22.6 Å². The molecule has 0 saturated heterocycles. The molecule has 3 rings (SSSR count). The Morgan fingerprint density at radius 2 is 2.22 bits per heavy atom. The first-order chi connectivity index (χ1) is 8.63. The highest BCUT2D eigenvalue weighted by Gasteiger charge is 2.11. The highest BCUT2D eigenvalue weighted by Crippen LogP contribution is 2.25. The number of nitrogens with one attached hydrogen (secondary N) is 1. The number of benzene rings is 1. The summed E-state index contributed by atoms with van der Waals surface area (Å²) in [5.41, 5.74) is 8.59. The number of aromatic amines is 1. The van der Waals surface area contributed by atoms with Crippen LogP contribution in [0.2, 0.25) is 0 Å². The van der Waals surface area contributed by atoms with Crippen molar-refractivity contribution in [3.8, 4) is 11.5 Å². The fourth-order valence-corrected chi connectivity index (χ4v) is 2.83. The van der Waals surface area contributed by atoms with E-state index in [9.17, 15) is 0 Å². The number of hydrogen-bond acceptors (Lipinski definition) is 4. The molecule has 0 fully saturated rings. The average Bonchev–Trinajstić information content (AvgIpc) is 2.93. The van der Waals surface area contributed by atoms with E-state index >= 15 is 0 Å². The Morgan fingerprint density at radius 3 is 2.94 bits per heavy atom. The second kappa shape index (κ2) is 4.46. The Labute approximate surface area is 116 Å². The Kier molecular flexibility index (Phi) is 2.93. The highest BCUT2D eigenvalue weighted by atomic mass is 79.9. The van der Waals surface area contributed by atoms with Gasteiger partial charge in [0.2, 0.25) is 0 Å². The summed E-state index contributed by atoms with van der Waals surface area (Å²) in [7, 11) is 0. The predicted molar refractivity (Wildman–Crippen MR) is 77.5 cm³/mol. The van der Waals surface area contributed by atoms with Crippen molar-refractivity contribution in [2.45, 2.75) is 13.0 Å². The zero-order chi connectivity index (χ0) is 12.7. The van der Waals surface area contributed by atoms with Crippen molar-refractivity contribution in [1.82, 2.24) is 15.0 Å². The summed E-state index contributed by atoms with van der Waals surface area (Å²) < 4.78 is 1.03. The van der Waals surface area contributed by atoms with Gasteiger partial charge in [-0.3, -0.25) is 0 Å². The molecule has 0 radical (unpaired) electrons. The summed E-state index contributed by atoms with van der Waals surface area (Å²) in [6.07, 6.45) is 0. The summed E-state index contributed by atoms with van der Waals surface area (Å²) in [5.74, 6) is 0.784. The van der Waals surface area contributed by atoms with E-state index in [4.69, 9.17) is 5.73 Å². The lowest BCUT2D eigenvalue weighted by Crippen LogP contribution is -2.03. The van der Waals surface area contributed by atoms with E-state index in [1.54, 1.807) is 11.3 Å². The van der Waals surface area contributed by atoms with Crippen LogP contribution in [-0.2, 0) is 0 Å². The highest BCUT2D eigenvalue weighted by molar-refractivity contribution is 9.10. The lowest BCUT2D eigenvalue weighted by molar-refractivity contribution is 0.807. The fourth-order valence-electron chi connectivity index (χ4n) is 1.71. The molecule has 3 N–H and O–H groups in total. The van der Waals surface area contributed by atoms with Gasteiger partial charge >= 0.3 is 0 Å². The van der Waals surface area contributed by atoms with Gasteiger partial charge in [0.15, 0.2) is 5.82 Å². The van der Waals surface area contributed by atoms with E-state index in [1.807, 2.05) is 30.5 Å². The first-order valence-corrected chi connectivity index (χ1v) is 7.17. The van der Waals surface area contributed by atoms with Gasteiger partial charge in [-0.15, -0.1) is 11.3 Å². The minimum Gasteiger partial charge on any atom is -0.337 e. The molecule has 1 atom stereocenters. The molecule has 6 heteroatoms. The van der Waals surface area contributed by atoms with Gasteiger partial charge in [0.25, 0.3) is 0 Å². The molecule has 0 bridgehead atoms. The number of nitrogens with two attached hydrogens (primary N) is 1. The largest absolute Gasteiger partial charge is 0.337 e. The molecule has 0 saturated carbocycles. The number of imidazole rings is 1. The SMILES string of the molecule is CC(N)c1nc(-c2nc3ccc(Br)cc3[nH]2)cs1. The minimum absolute atomic E-state index is 0.0396. The Hall–Kier alpha value is -1.24. The first kappa shape index (κ1) is 11.8. The second-order valence-corrected chi connectivity index (χ2v) is 5.91. The van der Waals surface area contributed by atoms with Crippen LogP contribution in [0, 0.1) is 0 Å². The molecular weight excluding hydrogens is 312 g/mol. The molecule has 0 aliphatic carbocycles. The molecule has 0 amide bonds. The van der Waals surface area contributed by atoms with Crippen molar-refractivity contribution >= 4 is 38.3 Å². The Morgan fingerprint density at radius 1 is 1.39 bits per heavy atom. The molecule has 1 aromatic carbocycles. The maximum absolute atomic E-state index is 5.81. The molecule has 3 aromatic rings. The molecule has 2 heterocycles. The van der Waals surface area contributed by atoms with E-state index in [1.165, 1.54) is 0 Å². The van der Waals surface area contributed by atoms with Gasteiger partial charge in [0, 0.05) is 9.85 Å². The lowest BCUT2D eigenvalue weighted by atomic mass is 10.3. The van der Waals surface area contributed by atoms with E-state index in [0.29, 0.717) is 0 Å². The number of halogens is 1. The van der Waals surface area contributed by atoms with E-state index in [2.05, 4.69) is 30.9 Å². The van der Waals surface area contributed by atoms with Crippen LogP contribution >= 0.6 is 27.3 Å². The Balaban J connectivity index is 2.07. The fraction of sp³-hybridized carbons (Fsp3) is 0.167. The van der Waals surface area contributed by atoms with Crippen LogP contribution in [0.1, 0.15) is 18.0 Å². The average molecular weight is 323 g/mol. The number of aromatic nitrogens is 3. The molecule has 0 spiro atoms. The van der Waals surface area contributed by atoms with Gasteiger partial charge in [-0.1, -0.05) is 15.9 Å². The molecule has 4 nitrogen and oxygen atoms in total. The number of thiazole rings is 1. The van der Waals surface area contributed by atoms with Gasteiger partial charge in [0.05, 0.1) is 17.1 Å². The normalized spacial score (nSPS) is 13.1. The Bertz CT molecular complexity index is 701. The summed E-state index contributed by atoms with van der Waals surface area (Å²) in [6, 6.07) is 5.91. The summed E-state index contributed by atoms with van der Waals surface area (Å²) in [6.45, 7) is 1.93.